The maximum Gasteiger partial charge on any atom is 0.302 e. The Balaban J connectivity index is 1.63. The summed E-state index contributed by atoms with van der Waals surface area (Å²) in [6.45, 7) is 9.26. The molecular formula is C27H33N3O3. The van der Waals surface area contributed by atoms with E-state index in [0.29, 0.717) is 6.61 Å². The zero-order chi connectivity index (χ0) is 23.2. The summed E-state index contributed by atoms with van der Waals surface area (Å²) in [5.74, 6) is 1.65. The van der Waals surface area contributed by atoms with Crippen LogP contribution in [-0.2, 0) is 16.0 Å². The van der Waals surface area contributed by atoms with Crippen LogP contribution in [0.3, 0.4) is 0 Å². The molecule has 0 aliphatic carbocycles. The number of ether oxygens (including phenoxy) is 2. The molecule has 1 saturated heterocycles. The molecule has 2 aromatic carbocycles. The van der Waals surface area contributed by atoms with E-state index >= 15 is 0 Å². The highest BCUT2D eigenvalue weighted by molar-refractivity contribution is 5.95. The first kappa shape index (κ1) is 23.1. The minimum absolute atomic E-state index is 0.244. The molecule has 0 unspecified atom stereocenters. The van der Waals surface area contributed by atoms with Crippen LogP contribution in [-0.4, -0.2) is 62.3 Å². The van der Waals surface area contributed by atoms with Crippen molar-refractivity contribution in [2.45, 2.75) is 26.7 Å². The first-order chi connectivity index (χ1) is 16.1. The van der Waals surface area contributed by atoms with Gasteiger partial charge in [-0.1, -0.05) is 43.3 Å². The number of piperazine rings is 1. The largest absolute Gasteiger partial charge is 0.496 e. The number of methoxy groups -OCH3 is 1. The Morgan fingerprint density at radius 1 is 1.06 bits per heavy atom. The van der Waals surface area contributed by atoms with Crippen LogP contribution in [0.2, 0.25) is 0 Å². The fraction of sp³-hybridized carbons (Fsp3) is 0.407. The summed E-state index contributed by atoms with van der Waals surface area (Å²) in [4.78, 5) is 21.0. The van der Waals surface area contributed by atoms with Crippen LogP contribution in [0.15, 0.2) is 48.5 Å². The van der Waals surface area contributed by atoms with E-state index in [9.17, 15) is 4.79 Å². The van der Waals surface area contributed by atoms with E-state index in [4.69, 9.17) is 14.5 Å². The molecular weight excluding hydrogens is 414 g/mol. The third-order valence-electron chi connectivity index (χ3n) is 6.32. The van der Waals surface area contributed by atoms with Gasteiger partial charge in [0.05, 0.1) is 19.4 Å². The summed E-state index contributed by atoms with van der Waals surface area (Å²) < 4.78 is 10.8. The topological polar surface area (TPSA) is 54.9 Å². The van der Waals surface area contributed by atoms with E-state index in [0.717, 1.165) is 74.0 Å². The predicted molar refractivity (Wildman–Crippen MR) is 133 cm³/mol. The van der Waals surface area contributed by atoms with Crippen molar-refractivity contribution in [2.24, 2.45) is 0 Å². The molecule has 0 atom stereocenters. The summed E-state index contributed by atoms with van der Waals surface area (Å²) in [7, 11) is 1.70. The van der Waals surface area contributed by atoms with Gasteiger partial charge in [0.25, 0.3) is 0 Å². The third-order valence-corrected chi connectivity index (χ3v) is 6.32. The molecule has 6 nitrogen and oxygen atoms in total. The number of hydrogen-bond acceptors (Lipinski definition) is 6. The minimum Gasteiger partial charge on any atom is -0.496 e. The Bertz CT molecular complexity index is 1110. The molecule has 0 amide bonds. The van der Waals surface area contributed by atoms with Gasteiger partial charge in [0.1, 0.15) is 11.6 Å². The maximum absolute atomic E-state index is 11.0. The lowest BCUT2D eigenvalue weighted by molar-refractivity contribution is -0.141. The predicted octanol–water partition coefficient (Wildman–Crippen LogP) is 4.55. The number of aromatic nitrogens is 1. The van der Waals surface area contributed by atoms with Crippen molar-refractivity contribution >= 4 is 22.6 Å². The van der Waals surface area contributed by atoms with E-state index in [-0.39, 0.29) is 5.97 Å². The quantitative estimate of drug-likeness (QED) is 0.373. The van der Waals surface area contributed by atoms with Crippen molar-refractivity contribution in [3.8, 4) is 17.0 Å². The highest BCUT2D eigenvalue weighted by Gasteiger charge is 2.20. The van der Waals surface area contributed by atoms with E-state index in [1.54, 1.807) is 7.11 Å². The Kier molecular flexibility index (Phi) is 7.45. The molecule has 1 aliphatic rings. The summed E-state index contributed by atoms with van der Waals surface area (Å²) >= 11 is 0. The van der Waals surface area contributed by atoms with Gasteiger partial charge in [-0.2, -0.15) is 0 Å². The van der Waals surface area contributed by atoms with Gasteiger partial charge >= 0.3 is 5.97 Å². The van der Waals surface area contributed by atoms with Crippen molar-refractivity contribution in [1.82, 2.24) is 9.88 Å². The van der Waals surface area contributed by atoms with Crippen LogP contribution in [0.5, 0.6) is 5.75 Å². The maximum atomic E-state index is 11.0. The molecule has 33 heavy (non-hydrogen) atoms. The number of anilines is 1. The number of fused-ring (bicyclic) bond motifs is 1. The number of carbonyl (C=O) groups excluding carboxylic acids is 1. The zero-order valence-electron chi connectivity index (χ0n) is 19.8. The normalized spacial score (nSPS) is 14.5. The smallest absolute Gasteiger partial charge is 0.302 e. The number of hydrogen-bond donors (Lipinski definition) is 0. The number of esters is 1. The monoisotopic (exact) mass is 447 g/mol. The molecule has 1 aromatic heterocycles. The Morgan fingerprint density at radius 3 is 2.58 bits per heavy atom. The molecule has 0 bridgehead atoms. The number of pyridine rings is 1. The molecule has 3 aromatic rings. The number of benzene rings is 2. The number of rotatable bonds is 8. The second-order valence-corrected chi connectivity index (χ2v) is 8.44. The molecule has 2 heterocycles. The Labute approximate surface area is 196 Å². The average molecular weight is 448 g/mol. The standard InChI is InChI=1S/C27H33N3O3/c1-4-29-13-15-30(16-14-29)27-24-10-6-5-8-22(24)18-25(28-27)23-12-11-21(26(19-23)32-3)9-7-17-33-20(2)31/h5-6,8,10-12,18-19H,4,7,9,13-17H2,1-3H3. The van der Waals surface area contributed by atoms with Gasteiger partial charge in [0.15, 0.2) is 0 Å². The first-order valence-corrected chi connectivity index (χ1v) is 11.8. The first-order valence-electron chi connectivity index (χ1n) is 11.8. The SMILES string of the molecule is CCN1CCN(c2nc(-c3ccc(CCCOC(C)=O)c(OC)c3)cc3ccccc23)CC1. The van der Waals surface area contributed by atoms with Crippen LogP contribution >= 0.6 is 0 Å². The van der Waals surface area contributed by atoms with Gasteiger partial charge in [-0.05, 0) is 42.5 Å². The van der Waals surface area contributed by atoms with Crippen LogP contribution in [0.25, 0.3) is 22.0 Å². The fourth-order valence-electron chi connectivity index (χ4n) is 4.43. The minimum atomic E-state index is -0.244. The Hall–Kier alpha value is -3.12. The molecule has 0 spiro atoms. The number of likely N-dealkylation sites (N-methyl/N-ethyl adjacent to an activating group) is 1. The molecule has 174 valence electrons. The third kappa shape index (κ3) is 5.45. The molecule has 0 N–H and O–H groups in total. The molecule has 6 heteroatoms. The lowest BCUT2D eigenvalue weighted by Gasteiger charge is -2.35. The second kappa shape index (κ2) is 10.7. The molecule has 0 radical (unpaired) electrons. The molecule has 1 aliphatic heterocycles. The van der Waals surface area contributed by atoms with Gasteiger partial charge in [-0.15, -0.1) is 0 Å². The average Bonchev–Trinajstić information content (AvgIpc) is 2.86. The van der Waals surface area contributed by atoms with Crippen LogP contribution < -0.4 is 9.64 Å². The molecule has 0 saturated carbocycles. The second-order valence-electron chi connectivity index (χ2n) is 8.44. The number of carbonyl (C=O) groups is 1. The zero-order valence-corrected chi connectivity index (χ0v) is 19.8. The van der Waals surface area contributed by atoms with E-state index in [1.165, 1.54) is 17.7 Å². The van der Waals surface area contributed by atoms with Crippen molar-refractivity contribution in [3.05, 3.63) is 54.1 Å². The summed E-state index contributed by atoms with van der Waals surface area (Å²) in [6.07, 6.45) is 1.55. The molecule has 4 rings (SSSR count). The lowest BCUT2D eigenvalue weighted by Crippen LogP contribution is -2.46. The summed E-state index contributed by atoms with van der Waals surface area (Å²) in [5, 5.41) is 2.39. The summed E-state index contributed by atoms with van der Waals surface area (Å²) in [6, 6.07) is 16.9. The van der Waals surface area contributed by atoms with Gasteiger partial charge < -0.3 is 19.3 Å². The molecule has 1 fully saturated rings. The highest BCUT2D eigenvalue weighted by Crippen LogP contribution is 2.33. The van der Waals surface area contributed by atoms with Crippen LogP contribution in [0.1, 0.15) is 25.8 Å². The van der Waals surface area contributed by atoms with Gasteiger partial charge in [0, 0.05) is 44.1 Å². The van der Waals surface area contributed by atoms with Crippen molar-refractivity contribution in [2.75, 3.05) is 51.3 Å². The van der Waals surface area contributed by atoms with Crippen molar-refractivity contribution < 1.29 is 14.3 Å². The van der Waals surface area contributed by atoms with Crippen LogP contribution in [0, 0.1) is 0 Å². The van der Waals surface area contributed by atoms with Gasteiger partial charge in [-0.25, -0.2) is 4.98 Å². The van der Waals surface area contributed by atoms with Gasteiger partial charge in [0.2, 0.25) is 0 Å². The highest BCUT2D eigenvalue weighted by atomic mass is 16.5. The van der Waals surface area contributed by atoms with E-state index in [1.807, 2.05) is 0 Å². The van der Waals surface area contributed by atoms with Gasteiger partial charge in [-0.3, -0.25) is 4.79 Å². The number of aryl methyl sites for hydroxylation is 1. The van der Waals surface area contributed by atoms with Crippen molar-refractivity contribution in [1.29, 1.82) is 0 Å². The number of nitrogens with zero attached hydrogens (tertiary/aromatic N) is 3. The van der Waals surface area contributed by atoms with Crippen LogP contribution in [0.4, 0.5) is 5.82 Å². The fourth-order valence-corrected chi connectivity index (χ4v) is 4.43. The van der Waals surface area contributed by atoms with Crippen molar-refractivity contribution in [3.63, 3.8) is 0 Å². The Morgan fingerprint density at radius 2 is 1.85 bits per heavy atom. The lowest BCUT2D eigenvalue weighted by atomic mass is 10.0. The van der Waals surface area contributed by atoms with E-state index in [2.05, 4.69) is 65.3 Å². The summed E-state index contributed by atoms with van der Waals surface area (Å²) in [5.41, 5.74) is 3.09. The van der Waals surface area contributed by atoms with E-state index < -0.39 is 0 Å².